The van der Waals surface area contributed by atoms with Gasteiger partial charge in [0.15, 0.2) is 0 Å². The summed E-state index contributed by atoms with van der Waals surface area (Å²) in [7, 11) is 0. The molecule has 125 valence electrons. The average Bonchev–Trinajstić information content (AvgIpc) is 2.86. The Morgan fingerprint density at radius 2 is 1.58 bits per heavy atom. The summed E-state index contributed by atoms with van der Waals surface area (Å²) in [5, 5.41) is 0. The Morgan fingerprint density at radius 1 is 0.917 bits per heavy atom. The molecule has 0 aliphatic heterocycles. The van der Waals surface area contributed by atoms with Gasteiger partial charge in [-0.15, -0.1) is 0 Å². The minimum Gasteiger partial charge on any atom is -1.00 e. The van der Waals surface area contributed by atoms with Crippen LogP contribution in [-0.4, -0.2) is 5.92 Å². The second-order valence-corrected chi connectivity index (χ2v) is 19.8. The van der Waals surface area contributed by atoms with Gasteiger partial charge in [0.05, 0.1) is 0 Å². The molecule has 1 aliphatic carbocycles. The minimum atomic E-state index is -0.349. The van der Waals surface area contributed by atoms with Crippen LogP contribution in [-0.2, 0) is 22.4 Å². The zero-order chi connectivity index (χ0) is 15.7. The first-order valence-corrected chi connectivity index (χ1v) is 15.6. The zero-order valence-electron chi connectivity index (χ0n) is 14.6. The summed E-state index contributed by atoms with van der Waals surface area (Å²) in [4.78, 5) is 0. The maximum atomic E-state index is 2.53. The van der Waals surface area contributed by atoms with Gasteiger partial charge in [-0.25, -0.2) is 0 Å². The van der Waals surface area contributed by atoms with E-state index in [0.29, 0.717) is 5.92 Å². The largest absolute Gasteiger partial charge is 1.00 e. The molecule has 1 aliphatic rings. The number of benzene rings is 2. The maximum absolute atomic E-state index is 2.53. The molecular weight excluding hydrogens is 430 g/mol. The molecule has 2 aromatic carbocycles. The molecule has 0 fully saturated rings. The first-order valence-electron chi connectivity index (χ1n) is 8.04. The first kappa shape index (κ1) is 21.9. The van der Waals surface area contributed by atoms with Crippen LogP contribution < -0.4 is 24.8 Å². The fourth-order valence-corrected chi connectivity index (χ4v) is 12.4. The Morgan fingerprint density at radius 3 is 2.17 bits per heavy atom. The van der Waals surface area contributed by atoms with Gasteiger partial charge >= 0.3 is 147 Å². The first-order chi connectivity index (χ1) is 10.6. The van der Waals surface area contributed by atoms with Gasteiger partial charge in [0.1, 0.15) is 0 Å². The summed E-state index contributed by atoms with van der Waals surface area (Å²) in [5.41, 5.74) is 7.60. The van der Waals surface area contributed by atoms with Gasteiger partial charge in [-0.3, -0.25) is 0 Å². The molecule has 3 rings (SSSR count). The van der Waals surface area contributed by atoms with Crippen molar-refractivity contribution in [3.63, 3.8) is 0 Å². The van der Waals surface area contributed by atoms with Crippen LogP contribution in [0.2, 0.25) is 13.1 Å². The molecular formula is C20H23Cl2SiZr. The second kappa shape index (κ2) is 9.53. The monoisotopic (exact) mass is 451 g/mol. The van der Waals surface area contributed by atoms with Gasteiger partial charge < -0.3 is 24.8 Å². The van der Waals surface area contributed by atoms with E-state index in [1.807, 2.05) is 0 Å². The number of allylic oxidation sites excluding steroid dienone is 1. The van der Waals surface area contributed by atoms with Crippen LogP contribution in [0.4, 0.5) is 0 Å². The van der Waals surface area contributed by atoms with Crippen LogP contribution in [0.15, 0.2) is 54.1 Å². The van der Waals surface area contributed by atoms with E-state index in [0.717, 1.165) is 3.63 Å². The van der Waals surface area contributed by atoms with Gasteiger partial charge in [0.25, 0.3) is 0 Å². The Balaban J connectivity index is 0.00000144. The van der Waals surface area contributed by atoms with Gasteiger partial charge in [0, 0.05) is 0 Å². The van der Waals surface area contributed by atoms with Crippen LogP contribution in [0.5, 0.6) is 0 Å². The molecule has 0 amide bonds. The van der Waals surface area contributed by atoms with Gasteiger partial charge in [0.2, 0.25) is 0 Å². The van der Waals surface area contributed by atoms with E-state index in [2.05, 4.69) is 81.5 Å². The van der Waals surface area contributed by atoms with Crippen LogP contribution in [0.3, 0.4) is 0 Å². The van der Waals surface area contributed by atoms with Crippen molar-refractivity contribution in [2.24, 2.45) is 5.92 Å². The van der Waals surface area contributed by atoms with E-state index >= 15 is 0 Å². The molecule has 2 aromatic rings. The number of rotatable bonds is 4. The fourth-order valence-electron chi connectivity index (χ4n) is 3.24. The van der Waals surface area contributed by atoms with Gasteiger partial charge in [-0.05, 0) is 0 Å². The Labute approximate surface area is 171 Å². The van der Waals surface area contributed by atoms with Crippen molar-refractivity contribution in [1.29, 1.82) is 0 Å². The molecule has 24 heavy (non-hydrogen) atoms. The van der Waals surface area contributed by atoms with Crippen molar-refractivity contribution < 1.29 is 47.2 Å². The SMILES string of the molecule is CC(C)C1=Cc2c(-c3ccccc3)cccc2[CH]1[Zr+2][Si](C)C.[Cl-].[Cl-]. The molecule has 0 aromatic heterocycles. The molecule has 0 bridgehead atoms. The third kappa shape index (κ3) is 4.52. The van der Waals surface area contributed by atoms with E-state index < -0.39 is 0 Å². The molecule has 0 saturated heterocycles. The van der Waals surface area contributed by atoms with Gasteiger partial charge in [-0.1, -0.05) is 0 Å². The second-order valence-electron chi connectivity index (χ2n) is 6.55. The molecule has 1 unspecified atom stereocenters. The third-order valence-electron chi connectivity index (χ3n) is 4.28. The standard InChI is InChI=1S/C18H17.C2H6Si.2ClH.Zr/c1-13(2)16-11-15-9-6-10-17(18(15)12-16)14-7-4-3-5-8-14;1-3-2;;;/h3-13H,1-2H3;1-2H3;2*1H;/q;;;;+2/p-2. The summed E-state index contributed by atoms with van der Waals surface area (Å²) in [6.45, 7) is 9.75. The van der Waals surface area contributed by atoms with Crippen molar-refractivity contribution in [2.45, 2.75) is 30.6 Å². The zero-order valence-corrected chi connectivity index (χ0v) is 19.6. The van der Waals surface area contributed by atoms with Crippen molar-refractivity contribution >= 4 is 12.0 Å². The Hall–Kier alpha value is -0.140. The Kier molecular flexibility index (Phi) is 8.70. The predicted molar refractivity (Wildman–Crippen MR) is 94.9 cm³/mol. The van der Waals surface area contributed by atoms with Crippen molar-refractivity contribution in [1.82, 2.24) is 0 Å². The van der Waals surface area contributed by atoms with E-state index in [9.17, 15) is 0 Å². The maximum Gasteiger partial charge on any atom is -1.00 e. The number of hydrogen-bond acceptors (Lipinski definition) is 0. The normalized spacial score (nSPS) is 15.2. The molecule has 4 heteroatoms. The van der Waals surface area contributed by atoms with E-state index in [4.69, 9.17) is 0 Å². The van der Waals surface area contributed by atoms with Crippen molar-refractivity contribution in [3.8, 4) is 11.1 Å². The molecule has 0 nitrogen and oxygen atoms in total. The van der Waals surface area contributed by atoms with Crippen molar-refractivity contribution in [3.05, 3.63) is 65.2 Å². The van der Waals surface area contributed by atoms with Crippen LogP contribution in [0.1, 0.15) is 28.6 Å². The van der Waals surface area contributed by atoms with E-state index in [1.165, 1.54) is 16.7 Å². The topological polar surface area (TPSA) is 0 Å². The summed E-state index contributed by atoms with van der Waals surface area (Å²) in [5.74, 6) is 0.597. The summed E-state index contributed by atoms with van der Waals surface area (Å²) in [6.07, 6.45) is 2.53. The number of halogens is 2. The molecule has 0 N–H and O–H groups in total. The smallest absolute Gasteiger partial charge is 1.00 e. The van der Waals surface area contributed by atoms with Crippen LogP contribution in [0, 0.1) is 5.92 Å². The minimum absolute atomic E-state index is 0. The molecule has 0 heterocycles. The van der Waals surface area contributed by atoms with E-state index in [-0.39, 0.29) is 53.1 Å². The molecule has 0 saturated carbocycles. The number of fused-ring (bicyclic) bond motifs is 1. The van der Waals surface area contributed by atoms with Gasteiger partial charge in [-0.2, -0.15) is 0 Å². The fraction of sp³-hybridized carbons (Fsp3) is 0.300. The van der Waals surface area contributed by atoms with E-state index in [1.54, 1.807) is 11.1 Å². The Bertz CT molecular complexity index is 696. The predicted octanol–water partition coefficient (Wildman–Crippen LogP) is -0.211. The quantitative estimate of drug-likeness (QED) is 0.562. The molecule has 1 atom stereocenters. The number of hydrogen-bond donors (Lipinski definition) is 0. The summed E-state index contributed by atoms with van der Waals surface area (Å²) in [6, 6.07) is 17.8. The summed E-state index contributed by atoms with van der Waals surface area (Å²) >= 11 is -0.349. The van der Waals surface area contributed by atoms with Crippen molar-refractivity contribution in [2.75, 3.05) is 0 Å². The van der Waals surface area contributed by atoms with Crippen LogP contribution >= 0.6 is 0 Å². The molecule has 0 spiro atoms. The van der Waals surface area contributed by atoms with Crippen LogP contribution in [0.25, 0.3) is 17.2 Å². The molecule has 1 radical (unpaired) electrons. The third-order valence-corrected chi connectivity index (χ3v) is 13.1. The average molecular weight is 454 g/mol. The summed E-state index contributed by atoms with van der Waals surface area (Å²) < 4.78 is 0.811.